The van der Waals surface area contributed by atoms with Gasteiger partial charge >= 0.3 is 0 Å². The largest absolute Gasteiger partial charge is 0.349 e. The van der Waals surface area contributed by atoms with Gasteiger partial charge in [0.2, 0.25) is 0 Å². The predicted octanol–water partition coefficient (Wildman–Crippen LogP) is 2.46. The Hall–Kier alpha value is -3.02. The van der Waals surface area contributed by atoms with Crippen molar-refractivity contribution in [2.75, 3.05) is 5.32 Å². The molecule has 0 unspecified atom stereocenters. The van der Waals surface area contributed by atoms with Gasteiger partial charge in [-0.1, -0.05) is 6.07 Å². The molecule has 0 fully saturated rings. The average molecular weight is 293 g/mol. The topological polar surface area (TPSA) is 72.7 Å². The first-order chi connectivity index (χ1) is 10.8. The molecular formula is C16H15N5O. The summed E-state index contributed by atoms with van der Waals surface area (Å²) in [5.74, 6) is 0. The maximum atomic E-state index is 12.6. The first kappa shape index (κ1) is 13.9. The molecule has 3 heterocycles. The van der Waals surface area contributed by atoms with E-state index < -0.39 is 0 Å². The van der Waals surface area contributed by atoms with Gasteiger partial charge in [0.25, 0.3) is 5.56 Å². The minimum atomic E-state index is -0.186. The van der Waals surface area contributed by atoms with Crippen LogP contribution >= 0.6 is 0 Å². The van der Waals surface area contributed by atoms with Crippen molar-refractivity contribution in [2.24, 2.45) is 0 Å². The number of nitrogens with one attached hydrogen (secondary N) is 1. The fourth-order valence-corrected chi connectivity index (χ4v) is 2.13. The maximum absolute atomic E-state index is 12.6. The quantitative estimate of drug-likeness (QED) is 0.800. The van der Waals surface area contributed by atoms with Crippen LogP contribution in [0.25, 0.3) is 11.3 Å². The van der Waals surface area contributed by atoms with E-state index in [0.29, 0.717) is 23.5 Å². The van der Waals surface area contributed by atoms with Gasteiger partial charge in [0.05, 0.1) is 23.8 Å². The van der Waals surface area contributed by atoms with Crippen molar-refractivity contribution in [1.29, 1.82) is 0 Å². The van der Waals surface area contributed by atoms with Gasteiger partial charge in [0, 0.05) is 24.5 Å². The molecule has 110 valence electrons. The molecule has 3 aromatic heterocycles. The Labute approximate surface area is 127 Å². The molecule has 0 aliphatic rings. The van der Waals surface area contributed by atoms with E-state index in [9.17, 15) is 4.79 Å². The second-order valence-corrected chi connectivity index (χ2v) is 4.64. The van der Waals surface area contributed by atoms with E-state index in [1.54, 1.807) is 24.8 Å². The standard InChI is InChI=1S/C16H15N5O/c1-2-21-16(22)15(20-12-6-5-8-17-10-12)13(11-19-21)14-7-3-4-9-18-14/h3-11,20H,2H2,1H3. The number of rotatable bonds is 4. The van der Waals surface area contributed by atoms with E-state index in [4.69, 9.17) is 0 Å². The SMILES string of the molecule is CCn1ncc(-c2ccccn2)c(Nc2cccnc2)c1=O. The molecule has 0 aliphatic heterocycles. The fraction of sp³-hybridized carbons (Fsp3) is 0.125. The van der Waals surface area contributed by atoms with Crippen LogP contribution in [-0.2, 0) is 6.54 Å². The highest BCUT2D eigenvalue weighted by atomic mass is 16.1. The number of hydrogen-bond acceptors (Lipinski definition) is 5. The van der Waals surface area contributed by atoms with Crippen LogP contribution in [0.15, 0.2) is 59.9 Å². The predicted molar refractivity (Wildman–Crippen MR) is 84.9 cm³/mol. The smallest absolute Gasteiger partial charge is 0.291 e. The van der Waals surface area contributed by atoms with Crippen LogP contribution < -0.4 is 10.9 Å². The molecule has 0 atom stereocenters. The summed E-state index contributed by atoms with van der Waals surface area (Å²) in [7, 11) is 0. The lowest BCUT2D eigenvalue weighted by Crippen LogP contribution is -2.25. The molecule has 6 nitrogen and oxygen atoms in total. The minimum absolute atomic E-state index is 0.186. The lowest BCUT2D eigenvalue weighted by atomic mass is 10.1. The van der Waals surface area contributed by atoms with Gasteiger partial charge in [-0.2, -0.15) is 5.10 Å². The van der Waals surface area contributed by atoms with E-state index in [-0.39, 0.29) is 5.56 Å². The molecule has 0 bridgehead atoms. The highest BCUT2D eigenvalue weighted by molar-refractivity contribution is 5.77. The lowest BCUT2D eigenvalue weighted by molar-refractivity contribution is 0.618. The van der Waals surface area contributed by atoms with E-state index in [1.165, 1.54) is 4.68 Å². The van der Waals surface area contributed by atoms with Crippen molar-refractivity contribution in [3.05, 3.63) is 65.5 Å². The van der Waals surface area contributed by atoms with Crippen molar-refractivity contribution in [1.82, 2.24) is 19.7 Å². The van der Waals surface area contributed by atoms with Crippen molar-refractivity contribution < 1.29 is 0 Å². The Kier molecular flexibility index (Phi) is 3.91. The number of hydrogen-bond donors (Lipinski definition) is 1. The Bertz CT molecular complexity index is 815. The van der Waals surface area contributed by atoms with Crippen LogP contribution in [-0.4, -0.2) is 19.7 Å². The fourth-order valence-electron chi connectivity index (χ4n) is 2.13. The number of aromatic nitrogens is 4. The van der Waals surface area contributed by atoms with E-state index in [1.807, 2.05) is 37.3 Å². The van der Waals surface area contributed by atoms with Gasteiger partial charge in [-0.05, 0) is 31.2 Å². The first-order valence-electron chi connectivity index (χ1n) is 6.98. The molecule has 0 amide bonds. The molecule has 0 aliphatic carbocycles. The normalized spacial score (nSPS) is 10.4. The van der Waals surface area contributed by atoms with Crippen LogP contribution in [0.2, 0.25) is 0 Å². The van der Waals surface area contributed by atoms with Crippen molar-refractivity contribution >= 4 is 11.4 Å². The highest BCUT2D eigenvalue weighted by Crippen LogP contribution is 2.24. The summed E-state index contributed by atoms with van der Waals surface area (Å²) in [6, 6.07) is 9.22. The van der Waals surface area contributed by atoms with Gasteiger partial charge in [-0.3, -0.25) is 14.8 Å². The molecule has 0 saturated carbocycles. The van der Waals surface area contributed by atoms with E-state index >= 15 is 0 Å². The molecule has 1 N–H and O–H groups in total. The van der Waals surface area contributed by atoms with Gasteiger partial charge in [0.1, 0.15) is 5.69 Å². The molecule has 0 radical (unpaired) electrons. The van der Waals surface area contributed by atoms with Crippen LogP contribution in [0, 0.1) is 0 Å². The summed E-state index contributed by atoms with van der Waals surface area (Å²) in [6.45, 7) is 2.38. The highest BCUT2D eigenvalue weighted by Gasteiger charge is 2.13. The van der Waals surface area contributed by atoms with Gasteiger partial charge in [0.15, 0.2) is 0 Å². The number of pyridine rings is 2. The molecular weight excluding hydrogens is 278 g/mol. The summed E-state index contributed by atoms with van der Waals surface area (Å²) < 4.78 is 1.41. The summed E-state index contributed by atoms with van der Waals surface area (Å²) in [6.07, 6.45) is 6.69. The first-order valence-corrected chi connectivity index (χ1v) is 6.98. The van der Waals surface area contributed by atoms with Crippen LogP contribution in [0.5, 0.6) is 0 Å². The van der Waals surface area contributed by atoms with Crippen molar-refractivity contribution in [3.8, 4) is 11.3 Å². The zero-order valence-electron chi connectivity index (χ0n) is 12.1. The van der Waals surface area contributed by atoms with Gasteiger partial charge in [-0.15, -0.1) is 0 Å². The van der Waals surface area contributed by atoms with Crippen LogP contribution in [0.4, 0.5) is 11.4 Å². The van der Waals surface area contributed by atoms with E-state index in [2.05, 4.69) is 20.4 Å². The Morgan fingerprint density at radius 2 is 2.05 bits per heavy atom. The Morgan fingerprint density at radius 1 is 1.14 bits per heavy atom. The molecule has 3 aromatic rings. The van der Waals surface area contributed by atoms with Gasteiger partial charge < -0.3 is 5.32 Å². The monoisotopic (exact) mass is 293 g/mol. The third-order valence-corrected chi connectivity index (χ3v) is 3.22. The van der Waals surface area contributed by atoms with Crippen LogP contribution in [0.1, 0.15) is 6.92 Å². The average Bonchev–Trinajstić information content (AvgIpc) is 2.58. The minimum Gasteiger partial charge on any atom is -0.349 e. The summed E-state index contributed by atoms with van der Waals surface area (Å²) in [4.78, 5) is 20.9. The molecule has 0 saturated heterocycles. The second-order valence-electron chi connectivity index (χ2n) is 4.64. The van der Waals surface area contributed by atoms with Crippen LogP contribution in [0.3, 0.4) is 0 Å². The number of nitrogens with zero attached hydrogens (tertiary/aromatic N) is 4. The third-order valence-electron chi connectivity index (χ3n) is 3.22. The summed E-state index contributed by atoms with van der Waals surface area (Å²) in [5, 5.41) is 7.32. The molecule has 0 spiro atoms. The Morgan fingerprint density at radius 3 is 2.73 bits per heavy atom. The zero-order chi connectivity index (χ0) is 15.4. The number of aryl methyl sites for hydroxylation is 1. The third kappa shape index (κ3) is 2.71. The summed E-state index contributed by atoms with van der Waals surface area (Å²) >= 11 is 0. The van der Waals surface area contributed by atoms with Crippen molar-refractivity contribution in [2.45, 2.75) is 13.5 Å². The molecule has 0 aromatic carbocycles. The molecule has 6 heteroatoms. The van der Waals surface area contributed by atoms with Crippen molar-refractivity contribution in [3.63, 3.8) is 0 Å². The summed E-state index contributed by atoms with van der Waals surface area (Å²) in [5.41, 5.74) is 2.37. The zero-order valence-corrected chi connectivity index (χ0v) is 12.1. The molecule has 22 heavy (non-hydrogen) atoms. The maximum Gasteiger partial charge on any atom is 0.291 e. The second kappa shape index (κ2) is 6.17. The molecule has 3 rings (SSSR count). The van der Waals surface area contributed by atoms with Gasteiger partial charge in [-0.25, -0.2) is 4.68 Å². The number of anilines is 2. The van der Waals surface area contributed by atoms with E-state index in [0.717, 1.165) is 5.69 Å². The lowest BCUT2D eigenvalue weighted by Gasteiger charge is -2.12. The Balaban J connectivity index is 2.14.